The summed E-state index contributed by atoms with van der Waals surface area (Å²) in [6.07, 6.45) is -1.99. The molecule has 1 aliphatic rings. The number of halogens is 3. The van der Waals surface area contributed by atoms with Gasteiger partial charge in [0.25, 0.3) is 0 Å². The van der Waals surface area contributed by atoms with Crippen LogP contribution in [0.15, 0.2) is 0 Å². The molecule has 1 rings (SSSR count). The number of rotatable bonds is 5. The molecule has 3 atom stereocenters. The van der Waals surface area contributed by atoms with Crippen LogP contribution in [0.4, 0.5) is 18.0 Å². The first-order valence-corrected chi connectivity index (χ1v) is 8.88. The summed E-state index contributed by atoms with van der Waals surface area (Å²) in [4.78, 5) is 14.9. The molecule has 0 bridgehead atoms. The topological polar surface area (TPSA) is 52.7 Å². The zero-order chi connectivity index (χ0) is 16.9. The van der Waals surface area contributed by atoms with Gasteiger partial charge in [-0.15, -0.1) is 0 Å². The van der Waals surface area contributed by atoms with E-state index in [2.05, 4.69) is 5.32 Å². The number of amides is 2. The molecule has 9 heteroatoms. The monoisotopic (exact) mass is 343 g/mol. The summed E-state index contributed by atoms with van der Waals surface area (Å²) >= 11 is 0. The fourth-order valence-corrected chi connectivity index (χ4v) is 2.75. The van der Waals surface area contributed by atoms with Gasteiger partial charge in [-0.25, -0.2) is 4.79 Å². The molecular weight excluding hydrogens is 319 g/mol. The van der Waals surface area contributed by atoms with Gasteiger partial charge >= 0.3 is 12.2 Å². The van der Waals surface area contributed by atoms with Crippen molar-refractivity contribution in [2.45, 2.75) is 37.7 Å². The van der Waals surface area contributed by atoms with Crippen LogP contribution < -0.4 is 5.32 Å². The van der Waals surface area contributed by atoms with E-state index in [4.69, 9.17) is 0 Å². The Morgan fingerprint density at radius 3 is 2.55 bits per heavy atom. The van der Waals surface area contributed by atoms with E-state index in [1.807, 2.05) is 6.92 Å². The van der Waals surface area contributed by atoms with E-state index in [1.54, 1.807) is 13.2 Å². The number of hydrogen-bond donors (Lipinski definition) is 1. The van der Waals surface area contributed by atoms with Crippen molar-refractivity contribution in [1.82, 2.24) is 15.1 Å². The first-order valence-electron chi connectivity index (χ1n) is 7.26. The minimum Gasteiger partial charge on any atom is -0.338 e. The normalized spacial score (nSPS) is 23.2. The summed E-state index contributed by atoms with van der Waals surface area (Å²) < 4.78 is 48.5. The lowest BCUT2D eigenvalue weighted by molar-refractivity contribution is -0.153. The van der Waals surface area contributed by atoms with Gasteiger partial charge in [-0.05, 0) is 13.3 Å². The third kappa shape index (κ3) is 6.51. The average molecular weight is 343 g/mol. The standard InChI is InChI=1S/C13H24F3N3O2S/c1-10-8-18(6-7-19(10)9-13(14,15)16)12(20)17-5-4-11(2)22(3)21/h10-11H,4-9H2,1-3H3,(H,17,20)/t10-,11-,22+/m1/s1. The smallest absolute Gasteiger partial charge is 0.338 e. The van der Waals surface area contributed by atoms with E-state index in [9.17, 15) is 22.2 Å². The van der Waals surface area contributed by atoms with Crippen LogP contribution in [0, 0.1) is 0 Å². The first kappa shape index (κ1) is 19.2. The van der Waals surface area contributed by atoms with E-state index in [0.29, 0.717) is 13.0 Å². The van der Waals surface area contributed by atoms with Crippen LogP contribution in [0.1, 0.15) is 20.3 Å². The fourth-order valence-electron chi connectivity index (χ4n) is 2.31. The van der Waals surface area contributed by atoms with Crippen molar-refractivity contribution in [2.75, 3.05) is 39.0 Å². The van der Waals surface area contributed by atoms with Crippen LogP contribution in [-0.4, -0.2) is 76.5 Å². The number of piperazine rings is 1. The van der Waals surface area contributed by atoms with Crippen molar-refractivity contribution in [2.24, 2.45) is 0 Å². The molecule has 0 unspecified atom stereocenters. The van der Waals surface area contributed by atoms with Gasteiger partial charge in [0.2, 0.25) is 0 Å². The average Bonchev–Trinajstić information content (AvgIpc) is 2.39. The summed E-state index contributed by atoms with van der Waals surface area (Å²) in [6.45, 7) is 3.77. The van der Waals surface area contributed by atoms with Crippen molar-refractivity contribution >= 4 is 16.8 Å². The Balaban J connectivity index is 2.36. The second kappa shape index (κ2) is 8.14. The number of nitrogens with zero attached hydrogens (tertiary/aromatic N) is 2. The van der Waals surface area contributed by atoms with Crippen molar-refractivity contribution in [3.8, 4) is 0 Å². The number of carbonyl (C=O) groups is 1. The van der Waals surface area contributed by atoms with Crippen molar-refractivity contribution in [3.05, 3.63) is 0 Å². The molecule has 0 aromatic carbocycles. The van der Waals surface area contributed by atoms with Crippen LogP contribution in [0.3, 0.4) is 0 Å². The maximum Gasteiger partial charge on any atom is 0.401 e. The third-order valence-electron chi connectivity index (χ3n) is 3.83. The lowest BCUT2D eigenvalue weighted by Gasteiger charge is -2.40. The van der Waals surface area contributed by atoms with Gasteiger partial charge in [-0.3, -0.25) is 9.11 Å². The van der Waals surface area contributed by atoms with Gasteiger partial charge < -0.3 is 10.2 Å². The van der Waals surface area contributed by atoms with Gasteiger partial charge in [0.15, 0.2) is 0 Å². The number of carbonyl (C=O) groups excluding carboxylic acids is 1. The Morgan fingerprint density at radius 1 is 1.41 bits per heavy atom. The van der Waals surface area contributed by atoms with E-state index in [-0.39, 0.29) is 37.0 Å². The molecule has 1 fully saturated rings. The quantitative estimate of drug-likeness (QED) is 0.821. The highest BCUT2D eigenvalue weighted by molar-refractivity contribution is 7.84. The summed E-state index contributed by atoms with van der Waals surface area (Å²) in [6, 6.07) is -0.601. The largest absolute Gasteiger partial charge is 0.401 e. The number of nitrogens with one attached hydrogen (secondary N) is 1. The highest BCUT2D eigenvalue weighted by atomic mass is 32.2. The molecule has 1 saturated heterocycles. The van der Waals surface area contributed by atoms with E-state index in [0.717, 1.165) is 0 Å². The second-order valence-electron chi connectivity index (χ2n) is 5.71. The zero-order valence-corrected chi connectivity index (χ0v) is 14.0. The Hall–Kier alpha value is -0.830. The number of hydrogen-bond acceptors (Lipinski definition) is 3. The highest BCUT2D eigenvalue weighted by Gasteiger charge is 2.35. The minimum atomic E-state index is -4.22. The van der Waals surface area contributed by atoms with Gasteiger partial charge in [0.05, 0.1) is 6.54 Å². The molecule has 2 amide bonds. The zero-order valence-electron chi connectivity index (χ0n) is 13.2. The molecule has 1 N–H and O–H groups in total. The van der Waals surface area contributed by atoms with Gasteiger partial charge in [-0.1, -0.05) is 6.92 Å². The molecule has 0 aliphatic carbocycles. The van der Waals surface area contributed by atoms with Crippen LogP contribution in [0.5, 0.6) is 0 Å². The summed E-state index contributed by atoms with van der Waals surface area (Å²) in [5.74, 6) is 0. The molecule has 0 spiro atoms. The molecule has 130 valence electrons. The Kier molecular flexibility index (Phi) is 7.11. The van der Waals surface area contributed by atoms with Crippen molar-refractivity contribution in [1.29, 1.82) is 0 Å². The van der Waals surface area contributed by atoms with Gasteiger partial charge in [-0.2, -0.15) is 13.2 Å². The maximum atomic E-state index is 12.4. The molecule has 0 saturated carbocycles. The van der Waals surface area contributed by atoms with Crippen LogP contribution >= 0.6 is 0 Å². The maximum absolute atomic E-state index is 12.4. The summed E-state index contributed by atoms with van der Waals surface area (Å²) in [5, 5.41) is 2.74. The SMILES string of the molecule is C[C@@H]1CN(C(=O)NCC[C@@H](C)[S@](C)=O)CCN1CC(F)(F)F. The third-order valence-corrected chi connectivity index (χ3v) is 5.20. The van der Waals surface area contributed by atoms with Crippen LogP contribution in [0.2, 0.25) is 0 Å². The molecule has 5 nitrogen and oxygen atoms in total. The lowest BCUT2D eigenvalue weighted by Crippen LogP contribution is -2.57. The van der Waals surface area contributed by atoms with Gasteiger partial charge in [0.1, 0.15) is 0 Å². The second-order valence-corrected chi connectivity index (χ2v) is 7.51. The summed E-state index contributed by atoms with van der Waals surface area (Å²) in [7, 11) is -0.928. The summed E-state index contributed by atoms with van der Waals surface area (Å²) in [5.41, 5.74) is 0. The fraction of sp³-hybridized carbons (Fsp3) is 0.923. The Labute approximate surface area is 131 Å². The van der Waals surface area contributed by atoms with Crippen LogP contribution in [-0.2, 0) is 10.8 Å². The Morgan fingerprint density at radius 2 is 2.05 bits per heavy atom. The molecule has 0 aromatic rings. The first-order chi connectivity index (χ1) is 10.1. The molecule has 0 radical (unpaired) electrons. The number of alkyl halides is 3. The number of urea groups is 1. The van der Waals surface area contributed by atoms with E-state index in [1.165, 1.54) is 9.80 Å². The van der Waals surface area contributed by atoms with E-state index >= 15 is 0 Å². The van der Waals surface area contributed by atoms with Crippen LogP contribution in [0.25, 0.3) is 0 Å². The molecular formula is C13H24F3N3O2S. The van der Waals surface area contributed by atoms with Crippen molar-refractivity contribution in [3.63, 3.8) is 0 Å². The minimum absolute atomic E-state index is 0.00264. The van der Waals surface area contributed by atoms with Gasteiger partial charge in [0, 0.05) is 54.5 Å². The molecule has 1 heterocycles. The molecule has 22 heavy (non-hydrogen) atoms. The highest BCUT2D eigenvalue weighted by Crippen LogP contribution is 2.20. The Bertz CT molecular complexity index is 406. The van der Waals surface area contributed by atoms with E-state index < -0.39 is 23.5 Å². The predicted octanol–water partition coefficient (Wildman–Crippen LogP) is 1.42. The molecule has 1 aliphatic heterocycles. The lowest BCUT2D eigenvalue weighted by atomic mass is 10.2. The predicted molar refractivity (Wildman–Crippen MR) is 80.2 cm³/mol. The molecule has 0 aromatic heterocycles. The van der Waals surface area contributed by atoms with Crippen molar-refractivity contribution < 1.29 is 22.2 Å².